The van der Waals surface area contributed by atoms with E-state index in [0.717, 1.165) is 22.9 Å². The number of halogens is 1. The second kappa shape index (κ2) is 5.55. The number of hydrogen-bond donors (Lipinski definition) is 1. The van der Waals surface area contributed by atoms with Gasteiger partial charge in [-0.25, -0.2) is 0 Å². The van der Waals surface area contributed by atoms with Gasteiger partial charge in [-0.2, -0.15) is 0 Å². The van der Waals surface area contributed by atoms with Crippen LogP contribution in [0.5, 0.6) is 5.75 Å². The minimum Gasteiger partial charge on any atom is -0.483 e. The van der Waals surface area contributed by atoms with Crippen LogP contribution in [0.3, 0.4) is 0 Å². The summed E-state index contributed by atoms with van der Waals surface area (Å²) in [6.07, 6.45) is 0.497. The van der Waals surface area contributed by atoms with Gasteiger partial charge in [-0.05, 0) is 18.6 Å². The minimum absolute atomic E-state index is 0.246. The molecule has 0 radical (unpaired) electrons. The molecule has 1 unspecified atom stereocenters. The fraction of sp³-hybridized carbons (Fsp3) is 0.214. The molecule has 0 heterocycles. The average Bonchev–Trinajstić information content (AvgIpc) is 2.38. The predicted molar refractivity (Wildman–Crippen MR) is 80.5 cm³/mol. The lowest BCUT2D eigenvalue weighted by Crippen LogP contribution is -2.31. The maximum absolute atomic E-state index is 6.16. The van der Waals surface area contributed by atoms with Crippen molar-refractivity contribution in [2.45, 2.75) is 19.4 Å². The van der Waals surface area contributed by atoms with Crippen LogP contribution in [0.15, 0.2) is 36.4 Å². The Hall–Kier alpha value is -1.32. The Morgan fingerprint density at radius 2 is 1.94 bits per heavy atom. The van der Waals surface area contributed by atoms with E-state index in [1.807, 2.05) is 43.3 Å². The summed E-state index contributed by atoms with van der Waals surface area (Å²) in [6.45, 7) is 1.99. The zero-order valence-electron chi connectivity index (χ0n) is 10.0. The second-order valence-electron chi connectivity index (χ2n) is 4.01. The minimum atomic E-state index is -0.246. The van der Waals surface area contributed by atoms with Crippen molar-refractivity contribution >= 4 is 39.6 Å². The van der Waals surface area contributed by atoms with Gasteiger partial charge < -0.3 is 10.5 Å². The molecule has 0 saturated carbocycles. The molecule has 0 fully saturated rings. The molecule has 0 spiro atoms. The van der Waals surface area contributed by atoms with Crippen molar-refractivity contribution in [2.24, 2.45) is 5.73 Å². The lowest BCUT2D eigenvalue weighted by atomic mass is 10.1. The van der Waals surface area contributed by atoms with Gasteiger partial charge in [0, 0.05) is 15.8 Å². The summed E-state index contributed by atoms with van der Waals surface area (Å²) in [6, 6.07) is 11.5. The van der Waals surface area contributed by atoms with Crippen molar-refractivity contribution in [3.05, 3.63) is 41.4 Å². The quantitative estimate of drug-likeness (QED) is 0.861. The molecule has 0 bridgehead atoms. The highest BCUT2D eigenvalue weighted by atomic mass is 35.5. The number of hydrogen-bond acceptors (Lipinski definition) is 2. The molecular formula is C14H14ClNOS. The summed E-state index contributed by atoms with van der Waals surface area (Å²) in [4.78, 5) is 0.372. The molecule has 18 heavy (non-hydrogen) atoms. The van der Waals surface area contributed by atoms with Gasteiger partial charge in [0.15, 0.2) is 0 Å². The smallest absolute Gasteiger partial charge is 0.148 e. The van der Waals surface area contributed by atoms with Crippen LogP contribution >= 0.6 is 23.8 Å². The van der Waals surface area contributed by atoms with Crippen LogP contribution in [0.1, 0.15) is 13.3 Å². The molecule has 2 aromatic rings. The van der Waals surface area contributed by atoms with Crippen molar-refractivity contribution in [1.29, 1.82) is 0 Å². The Labute approximate surface area is 117 Å². The van der Waals surface area contributed by atoms with Crippen LogP contribution in [0.4, 0.5) is 0 Å². The van der Waals surface area contributed by atoms with Crippen LogP contribution in [-0.2, 0) is 0 Å². The lowest BCUT2D eigenvalue weighted by Gasteiger charge is -2.17. The highest BCUT2D eigenvalue weighted by molar-refractivity contribution is 7.80. The van der Waals surface area contributed by atoms with E-state index in [0.29, 0.717) is 10.0 Å². The topological polar surface area (TPSA) is 35.2 Å². The van der Waals surface area contributed by atoms with E-state index < -0.39 is 0 Å². The van der Waals surface area contributed by atoms with Crippen LogP contribution in [0, 0.1) is 0 Å². The van der Waals surface area contributed by atoms with Gasteiger partial charge in [0.25, 0.3) is 0 Å². The van der Waals surface area contributed by atoms with Crippen molar-refractivity contribution in [2.75, 3.05) is 0 Å². The molecule has 0 aliphatic rings. The molecule has 0 saturated heterocycles. The zero-order valence-corrected chi connectivity index (χ0v) is 11.6. The standard InChI is InChI=1S/C14H14ClNOS/c1-2-12(14(16)18)17-13-8-7-11(15)9-5-3-4-6-10(9)13/h3-8,12H,2H2,1H3,(H2,16,18). The molecule has 0 aliphatic carbocycles. The van der Waals surface area contributed by atoms with E-state index in [1.54, 1.807) is 0 Å². The number of ether oxygens (including phenoxy) is 1. The SMILES string of the molecule is CCC(Oc1ccc(Cl)c2ccccc12)C(N)=S. The summed E-state index contributed by atoms with van der Waals surface area (Å²) in [7, 11) is 0. The summed E-state index contributed by atoms with van der Waals surface area (Å²) >= 11 is 11.1. The third-order valence-electron chi connectivity index (χ3n) is 2.79. The van der Waals surface area contributed by atoms with Crippen molar-refractivity contribution in [1.82, 2.24) is 0 Å². The molecular weight excluding hydrogens is 266 g/mol. The van der Waals surface area contributed by atoms with Gasteiger partial charge in [-0.3, -0.25) is 0 Å². The molecule has 2 aromatic carbocycles. The number of fused-ring (bicyclic) bond motifs is 1. The molecule has 0 aromatic heterocycles. The van der Waals surface area contributed by atoms with Gasteiger partial charge in [-0.15, -0.1) is 0 Å². The van der Waals surface area contributed by atoms with Crippen LogP contribution < -0.4 is 10.5 Å². The van der Waals surface area contributed by atoms with Gasteiger partial charge in [0.2, 0.25) is 0 Å². The molecule has 2 rings (SSSR count). The van der Waals surface area contributed by atoms with E-state index in [2.05, 4.69) is 0 Å². The highest BCUT2D eigenvalue weighted by Crippen LogP contribution is 2.32. The molecule has 0 aliphatic heterocycles. The van der Waals surface area contributed by atoms with E-state index >= 15 is 0 Å². The van der Waals surface area contributed by atoms with Gasteiger partial charge >= 0.3 is 0 Å². The molecule has 0 amide bonds. The van der Waals surface area contributed by atoms with Crippen molar-refractivity contribution in [3.8, 4) is 5.75 Å². The number of thiocarbonyl (C=S) groups is 1. The first kappa shape index (κ1) is 13.1. The second-order valence-corrected chi connectivity index (χ2v) is 4.89. The van der Waals surface area contributed by atoms with E-state index in [9.17, 15) is 0 Å². The Bertz CT molecular complexity index is 585. The first-order valence-electron chi connectivity index (χ1n) is 5.76. The predicted octanol–water partition coefficient (Wildman–Crippen LogP) is 3.94. The van der Waals surface area contributed by atoms with Gasteiger partial charge in [0.1, 0.15) is 16.8 Å². The summed E-state index contributed by atoms with van der Waals surface area (Å²) < 4.78 is 5.87. The summed E-state index contributed by atoms with van der Waals surface area (Å²) in [5.74, 6) is 0.759. The third-order valence-corrected chi connectivity index (χ3v) is 3.38. The Morgan fingerprint density at radius 1 is 1.28 bits per heavy atom. The Kier molecular flexibility index (Phi) is 4.04. The number of nitrogens with two attached hydrogens (primary N) is 1. The summed E-state index contributed by atoms with van der Waals surface area (Å²) in [5, 5.41) is 2.65. The average molecular weight is 280 g/mol. The Morgan fingerprint density at radius 3 is 2.56 bits per heavy atom. The number of rotatable bonds is 4. The molecule has 94 valence electrons. The fourth-order valence-corrected chi connectivity index (χ4v) is 2.28. The zero-order chi connectivity index (χ0) is 13.1. The van der Waals surface area contributed by atoms with Gasteiger partial charge in [0.05, 0.1) is 0 Å². The highest BCUT2D eigenvalue weighted by Gasteiger charge is 2.13. The van der Waals surface area contributed by atoms with Crippen LogP contribution in [0.2, 0.25) is 5.02 Å². The maximum Gasteiger partial charge on any atom is 0.148 e. The molecule has 4 heteroatoms. The van der Waals surface area contributed by atoms with Crippen molar-refractivity contribution in [3.63, 3.8) is 0 Å². The summed E-state index contributed by atoms with van der Waals surface area (Å²) in [5.41, 5.74) is 5.65. The van der Waals surface area contributed by atoms with E-state index in [-0.39, 0.29) is 6.10 Å². The first-order chi connectivity index (χ1) is 8.63. The third kappa shape index (κ3) is 2.57. The lowest BCUT2D eigenvalue weighted by molar-refractivity contribution is 0.267. The van der Waals surface area contributed by atoms with E-state index in [4.69, 9.17) is 34.3 Å². The largest absolute Gasteiger partial charge is 0.483 e. The first-order valence-corrected chi connectivity index (χ1v) is 6.55. The number of benzene rings is 2. The van der Waals surface area contributed by atoms with E-state index in [1.165, 1.54) is 0 Å². The molecule has 2 nitrogen and oxygen atoms in total. The normalized spacial score (nSPS) is 12.3. The van der Waals surface area contributed by atoms with Crippen LogP contribution in [-0.4, -0.2) is 11.1 Å². The van der Waals surface area contributed by atoms with Crippen LogP contribution in [0.25, 0.3) is 10.8 Å². The Balaban J connectivity index is 2.45. The maximum atomic E-state index is 6.16. The molecule has 2 N–H and O–H groups in total. The molecule has 1 atom stereocenters. The fourth-order valence-electron chi connectivity index (χ4n) is 1.83. The monoisotopic (exact) mass is 279 g/mol. The van der Waals surface area contributed by atoms with Gasteiger partial charge in [-0.1, -0.05) is 55.0 Å². The van der Waals surface area contributed by atoms with Crippen molar-refractivity contribution < 1.29 is 4.74 Å².